The second-order valence-electron chi connectivity index (χ2n) is 6.28. The lowest BCUT2D eigenvalue weighted by atomic mass is 10.2. The topological polar surface area (TPSA) is 73.8 Å². The Morgan fingerprint density at radius 1 is 1.21 bits per heavy atom. The van der Waals surface area contributed by atoms with Crippen molar-refractivity contribution >= 4 is 44.6 Å². The molecule has 0 aliphatic carbocycles. The van der Waals surface area contributed by atoms with Crippen LogP contribution in [0.5, 0.6) is 0 Å². The van der Waals surface area contributed by atoms with E-state index in [0.29, 0.717) is 18.7 Å². The monoisotopic (exact) mass is 440 g/mol. The summed E-state index contributed by atoms with van der Waals surface area (Å²) in [5.41, 5.74) is 0.538. The van der Waals surface area contributed by atoms with Gasteiger partial charge in [0.25, 0.3) is 0 Å². The SMILES string of the molecule is C=CCN=C1CCN(S(=O)(=O)Nc2ccc(F)c(F)c2Nc2ccccc2Cl)C1. The van der Waals surface area contributed by atoms with Gasteiger partial charge in [-0.3, -0.25) is 9.71 Å². The molecular weight excluding hydrogens is 422 g/mol. The van der Waals surface area contributed by atoms with Gasteiger partial charge in [0, 0.05) is 18.7 Å². The fraction of sp³-hybridized carbons (Fsp3) is 0.211. The summed E-state index contributed by atoms with van der Waals surface area (Å²) < 4.78 is 57.3. The molecule has 1 fully saturated rings. The number of hydrogen-bond donors (Lipinski definition) is 2. The molecule has 0 aromatic heterocycles. The van der Waals surface area contributed by atoms with E-state index in [-0.39, 0.29) is 29.5 Å². The van der Waals surface area contributed by atoms with Crippen LogP contribution in [0.25, 0.3) is 0 Å². The number of nitrogens with one attached hydrogen (secondary N) is 2. The highest BCUT2D eigenvalue weighted by Gasteiger charge is 2.30. The van der Waals surface area contributed by atoms with Gasteiger partial charge >= 0.3 is 10.2 Å². The maximum Gasteiger partial charge on any atom is 0.302 e. The summed E-state index contributed by atoms with van der Waals surface area (Å²) in [5, 5.41) is 2.94. The minimum atomic E-state index is -4.01. The summed E-state index contributed by atoms with van der Waals surface area (Å²) >= 11 is 6.07. The number of benzene rings is 2. The first-order valence-electron chi connectivity index (χ1n) is 8.72. The third-order valence-corrected chi connectivity index (χ3v) is 6.06. The van der Waals surface area contributed by atoms with E-state index in [1.807, 2.05) is 0 Å². The van der Waals surface area contributed by atoms with Crippen LogP contribution in [0.15, 0.2) is 54.0 Å². The van der Waals surface area contributed by atoms with Crippen molar-refractivity contribution in [1.82, 2.24) is 4.31 Å². The van der Waals surface area contributed by atoms with Crippen LogP contribution >= 0.6 is 11.6 Å². The molecule has 2 aromatic rings. The quantitative estimate of drug-likeness (QED) is 0.628. The second kappa shape index (κ2) is 8.89. The van der Waals surface area contributed by atoms with Crippen molar-refractivity contribution in [2.24, 2.45) is 4.99 Å². The zero-order valence-electron chi connectivity index (χ0n) is 15.3. The van der Waals surface area contributed by atoms with Gasteiger partial charge in [0.2, 0.25) is 0 Å². The Balaban J connectivity index is 1.88. The highest BCUT2D eigenvalue weighted by Crippen LogP contribution is 2.34. The van der Waals surface area contributed by atoms with Crippen LogP contribution < -0.4 is 10.0 Å². The molecule has 1 aliphatic heterocycles. The van der Waals surface area contributed by atoms with Gasteiger partial charge in [0.05, 0.1) is 29.5 Å². The van der Waals surface area contributed by atoms with Crippen LogP contribution in [-0.2, 0) is 10.2 Å². The van der Waals surface area contributed by atoms with Gasteiger partial charge in [-0.2, -0.15) is 12.7 Å². The summed E-state index contributed by atoms with van der Waals surface area (Å²) in [7, 11) is -4.01. The molecule has 1 aliphatic rings. The van der Waals surface area contributed by atoms with Crippen molar-refractivity contribution in [2.75, 3.05) is 29.7 Å². The molecule has 0 unspecified atom stereocenters. The highest BCUT2D eigenvalue weighted by atomic mass is 35.5. The molecule has 1 heterocycles. The molecule has 0 bridgehead atoms. The summed E-state index contributed by atoms with van der Waals surface area (Å²) in [6, 6.07) is 8.47. The van der Waals surface area contributed by atoms with E-state index in [1.165, 1.54) is 4.31 Å². The summed E-state index contributed by atoms with van der Waals surface area (Å²) in [5.74, 6) is -2.35. The molecule has 0 spiro atoms. The lowest BCUT2D eigenvalue weighted by molar-refractivity contribution is 0.488. The summed E-state index contributed by atoms with van der Waals surface area (Å²) in [6.07, 6.45) is 2.12. The van der Waals surface area contributed by atoms with E-state index in [9.17, 15) is 17.2 Å². The number of halogens is 3. The first kappa shape index (κ1) is 21.2. The molecular formula is C19H19ClF2N4O2S. The predicted octanol–water partition coefficient (Wildman–Crippen LogP) is 4.35. The Hall–Kier alpha value is -2.49. The van der Waals surface area contributed by atoms with Gasteiger partial charge in [0.15, 0.2) is 11.6 Å². The molecule has 10 heteroatoms. The molecule has 6 nitrogen and oxygen atoms in total. The summed E-state index contributed by atoms with van der Waals surface area (Å²) in [6.45, 7) is 4.35. The first-order chi connectivity index (χ1) is 13.8. The van der Waals surface area contributed by atoms with Crippen LogP contribution in [0.2, 0.25) is 5.02 Å². The number of para-hydroxylation sites is 1. The lowest BCUT2D eigenvalue weighted by Gasteiger charge is -2.20. The molecule has 29 heavy (non-hydrogen) atoms. The van der Waals surface area contributed by atoms with Gasteiger partial charge in [-0.05, 0) is 24.3 Å². The largest absolute Gasteiger partial charge is 0.350 e. The Kier molecular flexibility index (Phi) is 6.51. The Bertz CT molecular complexity index is 1060. The Labute approximate surface area is 173 Å². The number of anilines is 3. The maximum absolute atomic E-state index is 14.5. The molecule has 3 rings (SSSR count). The van der Waals surface area contributed by atoms with E-state index >= 15 is 0 Å². The second-order valence-corrected chi connectivity index (χ2v) is 8.35. The standard InChI is InChI=1S/C19H19ClF2N4O2S/c1-2-10-23-13-9-11-26(12-13)29(27,28)25-17-8-7-15(21)18(22)19(17)24-16-6-4-3-5-14(16)20/h2-8,24-25H,1,9-12H2. The predicted molar refractivity (Wildman–Crippen MR) is 112 cm³/mol. The van der Waals surface area contributed by atoms with Crippen molar-refractivity contribution in [2.45, 2.75) is 6.42 Å². The average molecular weight is 441 g/mol. The zero-order chi connectivity index (χ0) is 21.0. The molecule has 154 valence electrons. The number of hydrogen-bond acceptors (Lipinski definition) is 4. The lowest BCUT2D eigenvalue weighted by Crippen LogP contribution is -2.34. The number of aliphatic imine (C=N–C) groups is 1. The smallest absolute Gasteiger partial charge is 0.302 e. The number of rotatable bonds is 7. The van der Waals surface area contributed by atoms with Crippen LogP contribution in [0.3, 0.4) is 0 Å². The number of nitrogens with zero attached hydrogens (tertiary/aromatic N) is 2. The molecule has 0 amide bonds. The zero-order valence-corrected chi connectivity index (χ0v) is 16.9. The Morgan fingerprint density at radius 3 is 2.69 bits per heavy atom. The molecule has 0 radical (unpaired) electrons. The molecule has 2 N–H and O–H groups in total. The molecule has 2 aromatic carbocycles. The van der Waals surface area contributed by atoms with Crippen molar-refractivity contribution in [3.8, 4) is 0 Å². The van der Waals surface area contributed by atoms with Gasteiger partial charge in [0.1, 0.15) is 5.69 Å². The van der Waals surface area contributed by atoms with Gasteiger partial charge in [-0.1, -0.05) is 29.8 Å². The van der Waals surface area contributed by atoms with Crippen molar-refractivity contribution < 1.29 is 17.2 Å². The van der Waals surface area contributed by atoms with Crippen LogP contribution in [0.1, 0.15) is 6.42 Å². The first-order valence-corrected chi connectivity index (χ1v) is 10.5. The van der Waals surface area contributed by atoms with E-state index in [0.717, 1.165) is 17.8 Å². The van der Waals surface area contributed by atoms with Gasteiger partial charge in [-0.15, -0.1) is 6.58 Å². The molecule has 1 saturated heterocycles. The third-order valence-electron chi connectivity index (χ3n) is 4.26. The average Bonchev–Trinajstić information content (AvgIpc) is 3.17. The van der Waals surface area contributed by atoms with E-state index in [1.54, 1.807) is 30.3 Å². The van der Waals surface area contributed by atoms with Crippen LogP contribution in [-0.4, -0.2) is 38.1 Å². The third kappa shape index (κ3) is 4.92. The fourth-order valence-electron chi connectivity index (χ4n) is 2.80. The highest BCUT2D eigenvalue weighted by molar-refractivity contribution is 7.90. The normalized spacial score (nSPS) is 16.2. The minimum Gasteiger partial charge on any atom is -0.350 e. The van der Waals surface area contributed by atoms with Crippen LogP contribution in [0.4, 0.5) is 25.8 Å². The fourth-order valence-corrected chi connectivity index (χ4v) is 4.21. The minimum absolute atomic E-state index is 0.125. The molecule has 0 atom stereocenters. The van der Waals surface area contributed by atoms with E-state index in [4.69, 9.17) is 11.6 Å². The van der Waals surface area contributed by atoms with Crippen molar-refractivity contribution in [1.29, 1.82) is 0 Å². The molecule has 0 saturated carbocycles. The van der Waals surface area contributed by atoms with E-state index in [2.05, 4.69) is 21.6 Å². The maximum atomic E-state index is 14.5. The van der Waals surface area contributed by atoms with Gasteiger partial charge < -0.3 is 5.32 Å². The van der Waals surface area contributed by atoms with Crippen LogP contribution in [0, 0.1) is 11.6 Å². The van der Waals surface area contributed by atoms with E-state index < -0.39 is 21.8 Å². The van der Waals surface area contributed by atoms with Crippen molar-refractivity contribution in [3.63, 3.8) is 0 Å². The van der Waals surface area contributed by atoms with Crippen molar-refractivity contribution in [3.05, 3.63) is 65.7 Å². The van der Waals surface area contributed by atoms with Gasteiger partial charge in [-0.25, -0.2) is 8.78 Å². The Morgan fingerprint density at radius 2 is 1.97 bits per heavy atom. The summed E-state index contributed by atoms with van der Waals surface area (Å²) in [4.78, 5) is 4.25.